The van der Waals surface area contributed by atoms with E-state index in [2.05, 4.69) is 16.9 Å². The predicted octanol–water partition coefficient (Wildman–Crippen LogP) is 2.25. The quantitative estimate of drug-likeness (QED) is 0.874. The third kappa shape index (κ3) is 1.85. The summed E-state index contributed by atoms with van der Waals surface area (Å²) in [6, 6.07) is -0.0249. The second-order valence-electron chi connectivity index (χ2n) is 6.69. The predicted molar refractivity (Wildman–Crippen MR) is 78.5 cm³/mol. The van der Waals surface area contributed by atoms with E-state index < -0.39 is 11.6 Å². The number of pyridine rings is 1. The highest BCUT2D eigenvalue weighted by Crippen LogP contribution is 2.47. The summed E-state index contributed by atoms with van der Waals surface area (Å²) in [5.41, 5.74) is 6.59. The summed E-state index contributed by atoms with van der Waals surface area (Å²) in [5.74, 6) is -0.466. The van der Waals surface area contributed by atoms with Crippen LogP contribution in [-0.2, 0) is 9.47 Å². The highest BCUT2D eigenvalue weighted by atomic mass is 19.1. The maximum absolute atomic E-state index is 14.3. The number of rotatable bonds is 1. The van der Waals surface area contributed by atoms with Gasteiger partial charge in [-0.1, -0.05) is 6.92 Å². The topological polar surface area (TPSA) is 75.2 Å². The highest BCUT2D eigenvalue weighted by molar-refractivity contribution is 5.85. The lowest BCUT2D eigenvalue weighted by atomic mass is 10.1. The number of hydrogen-bond acceptors (Lipinski definition) is 5. The highest BCUT2D eigenvalue weighted by Gasteiger charge is 2.53. The Bertz CT molecular complexity index is 744. The molecule has 2 aromatic rings. The summed E-state index contributed by atoms with van der Waals surface area (Å²) in [7, 11) is 0. The second kappa shape index (κ2) is 4.39. The molecule has 3 heterocycles. The first-order chi connectivity index (χ1) is 10.4. The number of halogens is 1. The summed E-state index contributed by atoms with van der Waals surface area (Å²) in [6.45, 7) is 5.95. The molecule has 0 radical (unpaired) electrons. The Balaban J connectivity index is 1.81. The van der Waals surface area contributed by atoms with E-state index in [-0.39, 0.29) is 24.1 Å². The van der Waals surface area contributed by atoms with Gasteiger partial charge in [0.15, 0.2) is 17.4 Å². The van der Waals surface area contributed by atoms with Gasteiger partial charge in [0.25, 0.3) is 0 Å². The maximum Gasteiger partial charge on any atom is 0.167 e. The number of nitrogens with zero attached hydrogens (tertiary/aromatic N) is 3. The molecule has 2 fully saturated rings. The Hall–Kier alpha value is -1.73. The molecular formula is C15H19FN4O2. The molecule has 1 aliphatic heterocycles. The Morgan fingerprint density at radius 2 is 2.05 bits per heavy atom. The van der Waals surface area contributed by atoms with Crippen LogP contribution in [0.2, 0.25) is 0 Å². The standard InChI is InChI=1S/C15H19FN4O2/c1-7-4-9(13-12(7)21-15(2,3)22-13)20-6-19-10-11(20)8(16)5-18-14(10)17/h5-7,9,12-13H,4H2,1-3H3,(H2,17,18)/t7-,9+,12+,13-/m0/s1. The van der Waals surface area contributed by atoms with Gasteiger partial charge in [-0.3, -0.25) is 0 Å². The van der Waals surface area contributed by atoms with Crippen LogP contribution in [-0.4, -0.2) is 32.5 Å². The van der Waals surface area contributed by atoms with Crippen LogP contribution in [0.5, 0.6) is 0 Å². The molecule has 2 aromatic heterocycles. The molecule has 118 valence electrons. The number of nitrogen functional groups attached to an aromatic ring is 1. The number of aromatic nitrogens is 3. The molecule has 0 bridgehead atoms. The zero-order chi connectivity index (χ0) is 15.6. The SMILES string of the molecule is C[C@H]1C[C@@H](n2cnc3c(N)ncc(F)c32)[C@@H]2OC(C)(C)O[C@@H]21. The van der Waals surface area contributed by atoms with E-state index in [0.717, 1.165) is 12.6 Å². The van der Waals surface area contributed by atoms with E-state index in [1.165, 1.54) is 0 Å². The fraction of sp³-hybridized carbons (Fsp3) is 0.600. The first-order valence-corrected chi connectivity index (χ1v) is 7.49. The van der Waals surface area contributed by atoms with Crippen LogP contribution in [0.3, 0.4) is 0 Å². The monoisotopic (exact) mass is 306 g/mol. The molecule has 1 saturated carbocycles. The fourth-order valence-electron chi connectivity index (χ4n) is 3.76. The lowest BCUT2D eigenvalue weighted by Crippen LogP contribution is -2.27. The van der Waals surface area contributed by atoms with Crippen molar-refractivity contribution in [2.75, 3.05) is 5.73 Å². The molecule has 1 aliphatic carbocycles. The van der Waals surface area contributed by atoms with Crippen LogP contribution in [0.15, 0.2) is 12.5 Å². The van der Waals surface area contributed by atoms with Gasteiger partial charge in [-0.15, -0.1) is 0 Å². The number of anilines is 1. The van der Waals surface area contributed by atoms with Gasteiger partial charge in [0, 0.05) is 0 Å². The number of imidazole rings is 1. The molecule has 6 nitrogen and oxygen atoms in total. The number of fused-ring (bicyclic) bond motifs is 2. The zero-order valence-corrected chi connectivity index (χ0v) is 12.8. The number of hydrogen-bond donors (Lipinski definition) is 1. The Labute approximate surface area is 127 Å². The van der Waals surface area contributed by atoms with Gasteiger partial charge in [-0.05, 0) is 26.2 Å². The lowest BCUT2D eigenvalue weighted by molar-refractivity contribution is -0.159. The van der Waals surface area contributed by atoms with Gasteiger partial charge in [0.2, 0.25) is 0 Å². The first-order valence-electron chi connectivity index (χ1n) is 7.49. The normalized spacial score (nSPS) is 33.5. The average Bonchev–Trinajstić information content (AvgIpc) is 3.08. The fourth-order valence-corrected chi connectivity index (χ4v) is 3.76. The molecule has 22 heavy (non-hydrogen) atoms. The van der Waals surface area contributed by atoms with Crippen molar-refractivity contribution in [3.05, 3.63) is 18.3 Å². The molecule has 0 unspecified atom stereocenters. The van der Waals surface area contributed by atoms with Crippen molar-refractivity contribution in [3.63, 3.8) is 0 Å². The molecule has 4 atom stereocenters. The summed E-state index contributed by atoms with van der Waals surface area (Å²) >= 11 is 0. The van der Waals surface area contributed by atoms with Gasteiger partial charge in [-0.2, -0.15) is 0 Å². The molecule has 4 rings (SSSR count). The molecule has 2 aliphatic rings. The minimum atomic E-state index is -0.613. The van der Waals surface area contributed by atoms with Gasteiger partial charge in [0.05, 0.1) is 24.7 Å². The zero-order valence-electron chi connectivity index (χ0n) is 12.8. The average molecular weight is 306 g/mol. The number of nitrogens with two attached hydrogens (primary N) is 1. The van der Waals surface area contributed by atoms with Crippen LogP contribution in [0, 0.1) is 11.7 Å². The van der Waals surface area contributed by atoms with E-state index >= 15 is 0 Å². The summed E-state index contributed by atoms with van der Waals surface area (Å²) in [5, 5.41) is 0. The van der Waals surface area contributed by atoms with E-state index in [1.807, 2.05) is 18.4 Å². The van der Waals surface area contributed by atoms with Crippen LogP contribution >= 0.6 is 0 Å². The van der Waals surface area contributed by atoms with Crippen molar-refractivity contribution >= 4 is 16.9 Å². The van der Waals surface area contributed by atoms with Crippen LogP contribution in [0.1, 0.15) is 33.2 Å². The lowest BCUT2D eigenvalue weighted by Gasteiger charge is -2.23. The van der Waals surface area contributed by atoms with Gasteiger partial charge < -0.3 is 19.8 Å². The molecule has 7 heteroatoms. The summed E-state index contributed by atoms with van der Waals surface area (Å²) < 4.78 is 28.1. The molecule has 2 N–H and O–H groups in total. The van der Waals surface area contributed by atoms with Crippen LogP contribution < -0.4 is 5.73 Å². The first kappa shape index (κ1) is 13.9. The van der Waals surface area contributed by atoms with Crippen molar-refractivity contribution in [2.24, 2.45) is 5.92 Å². The second-order valence-corrected chi connectivity index (χ2v) is 6.69. The van der Waals surface area contributed by atoms with E-state index in [4.69, 9.17) is 15.2 Å². The van der Waals surface area contributed by atoms with Gasteiger partial charge in [-0.25, -0.2) is 14.4 Å². The third-order valence-electron chi connectivity index (χ3n) is 4.65. The van der Waals surface area contributed by atoms with Crippen molar-refractivity contribution < 1.29 is 13.9 Å². The minimum absolute atomic E-state index is 0.0136. The summed E-state index contributed by atoms with van der Waals surface area (Å²) in [6.07, 6.45) is 3.51. The van der Waals surface area contributed by atoms with Crippen LogP contribution in [0.25, 0.3) is 11.0 Å². The largest absolute Gasteiger partial charge is 0.382 e. The maximum atomic E-state index is 14.3. The van der Waals surface area contributed by atoms with E-state index in [1.54, 1.807) is 6.33 Å². The van der Waals surface area contributed by atoms with Crippen molar-refractivity contribution in [1.29, 1.82) is 0 Å². The Morgan fingerprint density at radius 3 is 2.82 bits per heavy atom. The third-order valence-corrected chi connectivity index (χ3v) is 4.65. The molecule has 0 aromatic carbocycles. The van der Waals surface area contributed by atoms with Crippen LogP contribution in [0.4, 0.5) is 10.2 Å². The van der Waals surface area contributed by atoms with Gasteiger partial charge in [0.1, 0.15) is 17.1 Å². The Morgan fingerprint density at radius 1 is 1.32 bits per heavy atom. The van der Waals surface area contributed by atoms with Gasteiger partial charge >= 0.3 is 0 Å². The smallest absolute Gasteiger partial charge is 0.167 e. The van der Waals surface area contributed by atoms with E-state index in [9.17, 15) is 4.39 Å². The molecule has 0 amide bonds. The van der Waals surface area contributed by atoms with Crippen molar-refractivity contribution in [2.45, 2.75) is 51.2 Å². The van der Waals surface area contributed by atoms with E-state index in [0.29, 0.717) is 17.0 Å². The minimum Gasteiger partial charge on any atom is -0.382 e. The molecular weight excluding hydrogens is 287 g/mol. The van der Waals surface area contributed by atoms with Crippen molar-refractivity contribution in [1.82, 2.24) is 14.5 Å². The molecule has 1 saturated heterocycles. The Kier molecular flexibility index (Phi) is 2.77. The number of ether oxygens (including phenoxy) is 2. The van der Waals surface area contributed by atoms with Crippen molar-refractivity contribution in [3.8, 4) is 0 Å². The summed E-state index contributed by atoms with van der Waals surface area (Å²) in [4.78, 5) is 8.06. The molecule has 0 spiro atoms.